The van der Waals surface area contributed by atoms with Crippen LogP contribution in [0.2, 0.25) is 5.02 Å². The largest absolute Gasteiger partial charge is 0.495 e. The molecule has 0 saturated carbocycles. The van der Waals surface area contributed by atoms with E-state index in [9.17, 15) is 14.4 Å². The Hall–Kier alpha value is -1.99. The van der Waals surface area contributed by atoms with Gasteiger partial charge in [0.15, 0.2) is 0 Å². The first-order valence-corrected chi connectivity index (χ1v) is 9.05. The van der Waals surface area contributed by atoms with E-state index in [1.54, 1.807) is 29.2 Å². The Bertz CT molecular complexity index is 759. The summed E-state index contributed by atoms with van der Waals surface area (Å²) in [5, 5.41) is -0.0110. The highest BCUT2D eigenvalue weighted by molar-refractivity contribution is 8.18. The maximum absolute atomic E-state index is 12.5. The van der Waals surface area contributed by atoms with Gasteiger partial charge in [-0.05, 0) is 48.4 Å². The van der Waals surface area contributed by atoms with E-state index in [0.29, 0.717) is 29.4 Å². The van der Waals surface area contributed by atoms with Crippen LogP contribution in [-0.2, 0) is 9.59 Å². The number of hydrogen-bond acceptors (Lipinski definition) is 5. The van der Waals surface area contributed by atoms with Crippen LogP contribution in [0.3, 0.4) is 0 Å². The predicted molar refractivity (Wildman–Crippen MR) is 96.5 cm³/mol. The first-order valence-electron chi connectivity index (χ1n) is 7.86. The van der Waals surface area contributed by atoms with Crippen molar-refractivity contribution in [2.24, 2.45) is 0 Å². The molecule has 8 heteroatoms. The molecule has 0 aliphatic carbocycles. The minimum atomic E-state index is -0.450. The number of imide groups is 1. The molecule has 25 heavy (non-hydrogen) atoms. The fraction of sp³-hybridized carbons (Fsp3) is 0.353. The lowest BCUT2D eigenvalue weighted by Gasteiger charge is -2.18. The minimum absolute atomic E-state index is 0.187. The van der Waals surface area contributed by atoms with Crippen molar-refractivity contribution in [2.75, 3.05) is 26.7 Å². The van der Waals surface area contributed by atoms with E-state index >= 15 is 0 Å². The molecule has 1 aromatic rings. The fourth-order valence-electron chi connectivity index (χ4n) is 2.76. The van der Waals surface area contributed by atoms with E-state index < -0.39 is 11.1 Å². The predicted octanol–water partition coefficient (Wildman–Crippen LogP) is 3.01. The first-order chi connectivity index (χ1) is 12.0. The molecule has 0 spiro atoms. The quantitative estimate of drug-likeness (QED) is 0.751. The van der Waals surface area contributed by atoms with Gasteiger partial charge in [-0.2, -0.15) is 0 Å². The van der Waals surface area contributed by atoms with Crippen molar-refractivity contribution in [3.05, 3.63) is 33.7 Å². The Morgan fingerprint density at radius 3 is 2.68 bits per heavy atom. The average Bonchev–Trinajstić information content (AvgIpc) is 3.20. The molecule has 0 unspecified atom stereocenters. The Morgan fingerprint density at radius 2 is 2.04 bits per heavy atom. The Balaban J connectivity index is 1.74. The van der Waals surface area contributed by atoms with Gasteiger partial charge in [0.1, 0.15) is 12.3 Å². The highest BCUT2D eigenvalue weighted by Gasteiger charge is 2.37. The lowest BCUT2D eigenvalue weighted by molar-refractivity contribution is -0.135. The van der Waals surface area contributed by atoms with Gasteiger partial charge in [0.25, 0.3) is 11.1 Å². The summed E-state index contributed by atoms with van der Waals surface area (Å²) in [5.74, 6) is -0.105. The van der Waals surface area contributed by atoms with Crippen LogP contribution >= 0.6 is 23.4 Å². The molecule has 2 aliphatic rings. The second kappa shape index (κ2) is 7.49. The Labute approximate surface area is 154 Å². The van der Waals surface area contributed by atoms with Gasteiger partial charge in [-0.1, -0.05) is 17.7 Å². The summed E-state index contributed by atoms with van der Waals surface area (Å²) in [7, 11) is 1.52. The van der Waals surface area contributed by atoms with Gasteiger partial charge < -0.3 is 9.64 Å². The third-order valence-corrected chi connectivity index (χ3v) is 5.30. The maximum Gasteiger partial charge on any atom is 0.294 e. The molecule has 0 aromatic heterocycles. The van der Waals surface area contributed by atoms with Crippen LogP contribution in [0.5, 0.6) is 5.75 Å². The molecule has 2 saturated heterocycles. The van der Waals surface area contributed by atoms with Crippen molar-refractivity contribution in [3.8, 4) is 5.75 Å². The van der Waals surface area contributed by atoms with Crippen molar-refractivity contribution in [2.45, 2.75) is 12.8 Å². The Morgan fingerprint density at radius 1 is 1.32 bits per heavy atom. The average molecular weight is 381 g/mol. The fourth-order valence-corrected chi connectivity index (χ4v) is 3.87. The van der Waals surface area contributed by atoms with E-state index in [2.05, 4.69) is 0 Å². The Kier molecular flexibility index (Phi) is 5.34. The highest BCUT2D eigenvalue weighted by Crippen LogP contribution is 2.33. The van der Waals surface area contributed by atoms with Crippen LogP contribution in [0.1, 0.15) is 18.4 Å². The zero-order chi connectivity index (χ0) is 18.0. The number of hydrogen-bond donors (Lipinski definition) is 0. The number of carbonyl (C=O) groups is 3. The van der Waals surface area contributed by atoms with Gasteiger partial charge in [-0.25, -0.2) is 0 Å². The topological polar surface area (TPSA) is 66.9 Å². The number of ether oxygens (including phenoxy) is 1. The number of methoxy groups -OCH3 is 1. The summed E-state index contributed by atoms with van der Waals surface area (Å²) < 4.78 is 5.09. The maximum atomic E-state index is 12.5. The van der Waals surface area contributed by atoms with Gasteiger partial charge in [-0.3, -0.25) is 19.3 Å². The summed E-state index contributed by atoms with van der Waals surface area (Å²) in [6, 6.07) is 5.09. The van der Waals surface area contributed by atoms with Crippen molar-refractivity contribution < 1.29 is 19.1 Å². The molecular formula is C17H17ClN2O4S. The van der Waals surface area contributed by atoms with Gasteiger partial charge >= 0.3 is 0 Å². The van der Waals surface area contributed by atoms with Crippen LogP contribution in [0.15, 0.2) is 23.1 Å². The second-order valence-electron chi connectivity index (χ2n) is 5.75. The molecule has 132 valence electrons. The van der Waals surface area contributed by atoms with Crippen molar-refractivity contribution in [1.29, 1.82) is 0 Å². The number of rotatable bonds is 4. The molecule has 0 N–H and O–H groups in total. The lowest BCUT2D eigenvalue weighted by Crippen LogP contribution is -2.40. The second-order valence-corrected chi connectivity index (χ2v) is 7.15. The van der Waals surface area contributed by atoms with Gasteiger partial charge in [0.05, 0.1) is 17.0 Å². The smallest absolute Gasteiger partial charge is 0.294 e. The van der Waals surface area contributed by atoms with Crippen molar-refractivity contribution >= 4 is 46.5 Å². The molecule has 6 nitrogen and oxygen atoms in total. The monoisotopic (exact) mass is 380 g/mol. The summed E-state index contributed by atoms with van der Waals surface area (Å²) in [5.41, 5.74) is 0.683. The van der Waals surface area contributed by atoms with Crippen molar-refractivity contribution in [3.63, 3.8) is 0 Å². The van der Waals surface area contributed by atoms with E-state index in [4.69, 9.17) is 16.3 Å². The number of thioether (sulfide) groups is 1. The van der Waals surface area contributed by atoms with Crippen molar-refractivity contribution in [1.82, 2.24) is 9.80 Å². The van der Waals surface area contributed by atoms with E-state index in [-0.39, 0.29) is 17.4 Å². The standard InChI is InChI=1S/C17H17ClN2O4S/c1-24-13-5-4-11(8-12(13)18)9-14-16(22)20(17(23)25-14)10-15(21)19-6-2-3-7-19/h4-5,8-9H,2-3,6-7,10H2,1H3/b14-9+. The first kappa shape index (κ1) is 17.8. The number of likely N-dealkylation sites (tertiary alicyclic amines) is 1. The third kappa shape index (κ3) is 3.82. The number of nitrogens with zero attached hydrogens (tertiary/aromatic N) is 2. The van der Waals surface area contributed by atoms with Crippen LogP contribution in [0.4, 0.5) is 4.79 Å². The molecule has 0 atom stereocenters. The molecule has 2 aliphatic heterocycles. The third-order valence-electron chi connectivity index (χ3n) is 4.10. The van der Waals surface area contributed by atoms with Crippen LogP contribution in [0.25, 0.3) is 6.08 Å². The summed E-state index contributed by atoms with van der Waals surface area (Å²) >= 11 is 6.91. The normalized spacial score (nSPS) is 19.2. The number of carbonyl (C=O) groups excluding carboxylic acids is 3. The molecule has 3 amide bonds. The number of halogens is 1. The molecule has 0 radical (unpaired) electrons. The zero-order valence-corrected chi connectivity index (χ0v) is 15.2. The van der Waals surface area contributed by atoms with Gasteiger partial charge in [0.2, 0.25) is 5.91 Å². The van der Waals surface area contributed by atoms with E-state index in [1.807, 2.05) is 0 Å². The molecule has 2 heterocycles. The van der Waals surface area contributed by atoms with Gasteiger partial charge in [-0.15, -0.1) is 0 Å². The van der Waals surface area contributed by atoms with Gasteiger partial charge in [0, 0.05) is 13.1 Å². The van der Waals surface area contributed by atoms with Crippen LogP contribution in [0, 0.1) is 0 Å². The summed E-state index contributed by atoms with van der Waals surface area (Å²) in [4.78, 5) is 39.7. The SMILES string of the molecule is COc1ccc(/C=C2/SC(=O)N(CC(=O)N3CCCC3)C2=O)cc1Cl. The number of amides is 3. The molecule has 1 aromatic carbocycles. The summed E-state index contributed by atoms with van der Waals surface area (Å²) in [6.07, 6.45) is 3.52. The van der Waals surface area contributed by atoms with Crippen LogP contribution < -0.4 is 4.74 Å². The molecule has 2 fully saturated rings. The minimum Gasteiger partial charge on any atom is -0.495 e. The molecular weight excluding hydrogens is 364 g/mol. The lowest BCUT2D eigenvalue weighted by atomic mass is 10.2. The molecule has 0 bridgehead atoms. The summed E-state index contributed by atoms with van der Waals surface area (Å²) in [6.45, 7) is 1.18. The highest BCUT2D eigenvalue weighted by atomic mass is 35.5. The van der Waals surface area contributed by atoms with E-state index in [0.717, 1.165) is 29.5 Å². The number of benzene rings is 1. The van der Waals surface area contributed by atoms with Crippen LogP contribution in [-0.4, -0.2) is 53.6 Å². The zero-order valence-electron chi connectivity index (χ0n) is 13.7. The molecule has 3 rings (SSSR count). The van der Waals surface area contributed by atoms with E-state index in [1.165, 1.54) is 7.11 Å².